The van der Waals surface area contributed by atoms with E-state index in [0.717, 1.165) is 158 Å². The van der Waals surface area contributed by atoms with Crippen LogP contribution in [0.1, 0.15) is 16.7 Å². The number of hydrogen-bond acceptors (Lipinski definition) is 17. The molecule has 0 spiro atoms. The van der Waals surface area contributed by atoms with Gasteiger partial charge < -0.3 is 43.1 Å². The highest BCUT2D eigenvalue weighted by molar-refractivity contribution is 9.10. The molecule has 31 heteroatoms. The molecule has 0 fully saturated rings. The van der Waals surface area contributed by atoms with Crippen LogP contribution in [0.4, 0.5) is 14.5 Å². The third-order valence-electron chi connectivity index (χ3n) is 21.0. The zero-order chi connectivity index (χ0) is 92.0. The van der Waals surface area contributed by atoms with E-state index in [0.29, 0.717) is 61.5 Å². The van der Waals surface area contributed by atoms with Crippen molar-refractivity contribution >= 4 is 177 Å². The molecule has 20 nitrogen and oxygen atoms in total. The van der Waals surface area contributed by atoms with E-state index in [4.69, 9.17) is 38.9 Å². The molecule has 129 heavy (non-hydrogen) atoms. The fourth-order valence-corrected chi connectivity index (χ4v) is 19.4. The monoisotopic (exact) mass is 1980 g/mol. The summed E-state index contributed by atoms with van der Waals surface area (Å²) in [4.78, 5) is 0. The molecule has 1 aliphatic heterocycles. The summed E-state index contributed by atoms with van der Waals surface area (Å²) in [5.74, 6) is 6.50. The Bertz CT molecular complexity index is 6790. The summed E-state index contributed by atoms with van der Waals surface area (Å²) in [6.07, 6.45) is 14.6. The van der Waals surface area contributed by atoms with Crippen LogP contribution in [0.25, 0.3) is 121 Å². The lowest BCUT2D eigenvalue weighted by atomic mass is 9.99. The Hall–Kier alpha value is -10.2. The molecule has 17 aromatic rings. The van der Waals surface area contributed by atoms with Crippen molar-refractivity contribution in [2.75, 3.05) is 39.0 Å². The molecular weight excluding hydrogens is 1880 g/mol. The Morgan fingerprint density at radius 2 is 0.915 bits per heavy atom. The zero-order valence-corrected chi connectivity index (χ0v) is 85.8. The number of rotatable bonds is 25. The predicted molar refractivity (Wildman–Crippen MR) is 547 cm³/mol. The van der Waals surface area contributed by atoms with Gasteiger partial charge in [-0.1, -0.05) is 142 Å². The number of thiophene rings is 2. The molecule has 0 aliphatic carbocycles. The number of ether oxygens (including phenoxy) is 5. The predicted octanol–water partition coefficient (Wildman–Crippen LogP) is 27.1. The smallest absolute Gasteiger partial charge is 0.171 e. The summed E-state index contributed by atoms with van der Waals surface area (Å²) in [5.41, 5.74) is 24.7. The van der Waals surface area contributed by atoms with Crippen molar-refractivity contribution in [3.05, 3.63) is 235 Å². The fourth-order valence-electron chi connectivity index (χ4n) is 13.8. The van der Waals surface area contributed by atoms with Gasteiger partial charge in [0.2, 0.25) is 0 Å². The number of terminal acetylenes is 1. The van der Waals surface area contributed by atoms with E-state index in [-0.39, 0.29) is 16.9 Å². The molecular formula is C98H112Br2F2N12O8S2Si5. The molecule has 4 N–H and O–H groups in total. The first-order chi connectivity index (χ1) is 61.5. The van der Waals surface area contributed by atoms with E-state index in [1.807, 2.05) is 162 Å². The van der Waals surface area contributed by atoms with Crippen LogP contribution in [-0.4, -0.2) is 128 Å². The maximum Gasteiger partial charge on any atom is 0.171 e. The number of furan rings is 2. The maximum atomic E-state index is 14.9. The molecule has 0 atom stereocenters. The number of hydrazine groups is 1. The van der Waals surface area contributed by atoms with Crippen molar-refractivity contribution < 1.29 is 46.4 Å². The van der Waals surface area contributed by atoms with Crippen molar-refractivity contribution in [1.29, 1.82) is 0 Å². The molecule has 0 saturated heterocycles. The van der Waals surface area contributed by atoms with Crippen LogP contribution in [0.3, 0.4) is 0 Å². The van der Waals surface area contributed by atoms with Gasteiger partial charge in [-0.25, -0.2) is 32.9 Å². The number of anilines is 1. The second kappa shape index (κ2) is 42.8. The van der Waals surface area contributed by atoms with Crippen LogP contribution in [0.15, 0.2) is 216 Å². The van der Waals surface area contributed by atoms with Crippen LogP contribution in [-0.2, 0) is 52.4 Å². The Morgan fingerprint density at radius 1 is 0.481 bits per heavy atom. The van der Waals surface area contributed by atoms with Crippen molar-refractivity contribution in [1.82, 2.24) is 54.7 Å². The van der Waals surface area contributed by atoms with E-state index < -0.39 is 52.0 Å². The highest BCUT2D eigenvalue weighted by Crippen LogP contribution is 2.47. The molecule has 0 amide bonds. The van der Waals surface area contributed by atoms with E-state index in [2.05, 4.69) is 219 Å². The number of aromatic amines is 1. The molecule has 9 aromatic heterocycles. The van der Waals surface area contributed by atoms with Crippen LogP contribution < -0.4 is 15.6 Å². The van der Waals surface area contributed by atoms with Gasteiger partial charge in [-0.15, -0.1) is 12.0 Å². The number of phenolic OH excluding ortho intramolecular Hbond substituents is 1. The first kappa shape index (κ1) is 96.4. The number of hydrogen-bond donors (Lipinski definition) is 4. The number of halogens is 4. The second-order valence-electron chi connectivity index (χ2n) is 37.5. The number of nitrogens with one attached hydrogen (secondary N) is 3. The zero-order valence-electron chi connectivity index (χ0n) is 76.0. The summed E-state index contributed by atoms with van der Waals surface area (Å²) in [7, 11) is -3.99. The van der Waals surface area contributed by atoms with E-state index in [1.54, 1.807) is 34.9 Å². The minimum absolute atomic E-state index is 0.115. The number of H-pyrrole nitrogens is 1. The number of aromatic nitrogens is 10. The Kier molecular flexibility index (Phi) is 32.0. The van der Waals surface area contributed by atoms with Gasteiger partial charge >= 0.3 is 0 Å². The number of nitrogens with zero attached hydrogens (tertiary/aromatic N) is 9. The van der Waals surface area contributed by atoms with Gasteiger partial charge in [0.25, 0.3) is 0 Å². The van der Waals surface area contributed by atoms with E-state index in [9.17, 15) is 13.9 Å². The van der Waals surface area contributed by atoms with Gasteiger partial charge in [0.05, 0.1) is 71.4 Å². The quantitative estimate of drug-likeness (QED) is 0.0238. The lowest BCUT2D eigenvalue weighted by Gasteiger charge is -2.15. The normalized spacial score (nSPS) is 12.2. The molecule has 0 bridgehead atoms. The van der Waals surface area contributed by atoms with Crippen LogP contribution in [0.2, 0.25) is 122 Å². The number of methoxy groups -OCH3 is 1. The largest absolute Gasteiger partial charge is 0.508 e. The highest BCUT2D eigenvalue weighted by Gasteiger charge is 2.26. The van der Waals surface area contributed by atoms with Crippen molar-refractivity contribution in [2.24, 2.45) is 0 Å². The average Bonchev–Trinajstić information content (AvgIpc) is 1.60. The number of phenols is 1. The van der Waals surface area contributed by atoms with Gasteiger partial charge in [0, 0.05) is 157 Å². The summed E-state index contributed by atoms with van der Waals surface area (Å²) >= 11 is 9.99. The summed E-state index contributed by atoms with van der Waals surface area (Å²) < 4.78 is 79.4. The fraction of sp³-hybridized carbons (Fsp3) is 0.296. The number of fused-ring (bicyclic) bond motifs is 8. The first-order valence-corrected chi connectivity index (χ1v) is 64.6. The Balaban J connectivity index is 0.000000136. The molecule has 1 aliphatic rings. The van der Waals surface area contributed by atoms with E-state index >= 15 is 0 Å². The molecule has 0 saturated carbocycles. The maximum absolute atomic E-state index is 14.9. The molecule has 10 heterocycles. The van der Waals surface area contributed by atoms with Gasteiger partial charge in [0.1, 0.15) is 58.0 Å². The molecule has 0 radical (unpaired) electrons. The lowest BCUT2D eigenvalue weighted by molar-refractivity contribution is 0.0816. The Morgan fingerprint density at radius 3 is 1.40 bits per heavy atom. The van der Waals surface area contributed by atoms with Crippen molar-refractivity contribution in [3.8, 4) is 80.2 Å². The van der Waals surface area contributed by atoms with Gasteiger partial charge in [0.15, 0.2) is 22.8 Å². The minimum atomic E-state index is -1.34. The number of benzene rings is 8. The molecule has 672 valence electrons. The van der Waals surface area contributed by atoms with Crippen LogP contribution in [0.5, 0.6) is 11.5 Å². The average molecular weight is 1990 g/mol. The Labute approximate surface area is 782 Å². The van der Waals surface area contributed by atoms with E-state index in [1.165, 1.54) is 31.3 Å². The minimum Gasteiger partial charge on any atom is -0.508 e. The van der Waals surface area contributed by atoms with Gasteiger partial charge in [-0.3, -0.25) is 5.10 Å². The van der Waals surface area contributed by atoms with Crippen LogP contribution in [0, 0.1) is 35.4 Å². The standard InChI is InChI=1S/C26H27FN2O3SSi.C19H13FN2O2S.C18H28N2OSi2.C15H20N2OSi.C13H19BrN2OSi.C7H5BrN2/c1-30-20-12-21-24(18-7-9-33-15-18)25(32-26(21)22(27)13-20)17-5-6-23-19(11-17)14-28-29(23)16-31-8-10-34(2,3)4;20-15-7-13(23)6-14-17(11-3-4-25-9-11)18(24-19(14)15)10-1-2-16-12(5-10)8-21-22-16;1-22(2,3)11-9-16-7-8-18-17(13-16)14-19-20(18)15-21-10-12-23(4,5)6;1-5-13-6-7-15-14(10-13)11-16-17(15)12-18-8-9-19(2,3)4;1-18(2,3)7-6-17-10-16-13-5-4-12(14)8-11(13)9-15-16;8-6-1-2-7-5(3-6)4-9-10-7/h5-7,9,11-15H,8,10,16H2,1-4H3;1-7,9,21-23H,8H2;7-8,13-14H,10,12,15H2,1-6H3;1,6-7,10-11H,8-9,12H2,2-4H3;4-5,8-9H,6-7,10H2,1-3H3;1-4H,(H,9,10). The second-order valence-corrected chi connectivity index (χ2v) is 68.1. The summed E-state index contributed by atoms with van der Waals surface area (Å²) in [6, 6.07) is 50.8. The van der Waals surface area contributed by atoms with Crippen LogP contribution >= 0.6 is 54.5 Å². The third-order valence-corrected chi connectivity index (χ3v) is 31.0. The first-order valence-electron chi connectivity index (χ1n) is 42.8. The molecule has 0 unspecified atom stereocenters. The van der Waals surface area contributed by atoms with Gasteiger partial charge in [-0.05, 0) is 196 Å². The SMILES string of the molecule is Brc1ccc2[nH]ncc2c1.C#Cc1ccc2c(cnn2COCC[Si](C)(C)C)c1.COc1cc(F)c2oc(-c3ccc4c(cnn4COCC[Si](C)(C)C)c3)c(-c3ccsc3)c2c1.C[Si](C)(C)C#Cc1ccc2c(cnn2COCC[Si](C)(C)C)c1.C[Si](C)(C)CCOCn1ncc2cc(Br)ccc21.Oc1cc(F)c2oc(-c3ccc4c(c3)CNN4)c(-c3ccsc3)c2c1. The molecule has 18 rings (SSSR count). The summed E-state index contributed by atoms with van der Waals surface area (Å²) in [6.45, 7) is 40.9. The molecule has 8 aromatic carbocycles. The third kappa shape index (κ3) is 26.6. The van der Waals surface area contributed by atoms with Crippen molar-refractivity contribution in [2.45, 2.75) is 156 Å². The van der Waals surface area contributed by atoms with Crippen molar-refractivity contribution in [3.63, 3.8) is 0 Å². The topological polar surface area (TPSA) is 217 Å². The van der Waals surface area contributed by atoms with Gasteiger partial charge in [-0.2, -0.15) is 48.2 Å². The summed E-state index contributed by atoms with van der Waals surface area (Å²) in [5, 5.41) is 49.0. The lowest BCUT2D eigenvalue weighted by Crippen LogP contribution is -2.22. The number of aromatic hydroxyl groups is 1. The highest BCUT2D eigenvalue weighted by atomic mass is 79.9.